The molecule has 3 atom stereocenters. The Morgan fingerprint density at radius 3 is 2.18 bits per heavy atom. The molecule has 2 aromatic heterocycles. The van der Waals surface area contributed by atoms with Crippen molar-refractivity contribution < 1.29 is 19.5 Å². The summed E-state index contributed by atoms with van der Waals surface area (Å²) >= 11 is 0. The second-order valence-electron chi connectivity index (χ2n) is 9.53. The van der Waals surface area contributed by atoms with E-state index in [4.69, 9.17) is 0 Å². The molecule has 198 valence electrons. The van der Waals surface area contributed by atoms with Crippen LogP contribution in [0.15, 0.2) is 64.3 Å². The number of para-hydroxylation sites is 2. The van der Waals surface area contributed by atoms with Crippen molar-refractivity contribution in [2.24, 2.45) is 5.92 Å². The van der Waals surface area contributed by atoms with E-state index in [-0.39, 0.29) is 17.7 Å². The lowest BCUT2D eigenvalue weighted by Crippen LogP contribution is -2.54. The lowest BCUT2D eigenvalue weighted by Gasteiger charge is -2.23. The van der Waals surface area contributed by atoms with Gasteiger partial charge in [-0.1, -0.05) is 44.2 Å². The molecule has 38 heavy (non-hydrogen) atoms. The number of aromatic nitrogens is 3. The van der Waals surface area contributed by atoms with Crippen molar-refractivity contribution in [2.75, 3.05) is 0 Å². The number of carbonyl (C=O) groups excluding carboxylic acids is 2. The van der Waals surface area contributed by atoms with Crippen LogP contribution in [0.5, 0.6) is 0 Å². The van der Waals surface area contributed by atoms with Gasteiger partial charge in [-0.3, -0.25) is 14.4 Å². The number of benzene rings is 2. The molecule has 2 aromatic carbocycles. The molecule has 0 aliphatic heterocycles. The van der Waals surface area contributed by atoms with Crippen molar-refractivity contribution >= 4 is 39.6 Å². The highest BCUT2D eigenvalue weighted by Crippen LogP contribution is 2.22. The fourth-order valence-corrected chi connectivity index (χ4v) is 4.44. The zero-order valence-electron chi connectivity index (χ0n) is 21.1. The first-order chi connectivity index (χ1) is 18.1. The van der Waals surface area contributed by atoms with Crippen molar-refractivity contribution in [2.45, 2.75) is 45.3 Å². The topological polar surface area (TPSA) is 166 Å². The average Bonchev–Trinajstić information content (AvgIpc) is 3.28. The minimum atomic E-state index is -1.30. The highest BCUT2D eigenvalue weighted by molar-refractivity contribution is 5.92. The maximum absolute atomic E-state index is 13.6. The largest absolute Gasteiger partial charge is 0.480 e. The van der Waals surface area contributed by atoms with E-state index in [1.54, 1.807) is 44.3 Å². The van der Waals surface area contributed by atoms with E-state index >= 15 is 0 Å². The number of carboxylic acid groups (broad SMARTS) is 1. The Labute approximate surface area is 216 Å². The van der Waals surface area contributed by atoms with Gasteiger partial charge in [0.1, 0.15) is 18.1 Å². The third-order valence-corrected chi connectivity index (χ3v) is 6.52. The number of carboxylic acids is 1. The molecule has 0 aliphatic rings. The molecule has 0 radical (unpaired) electrons. The lowest BCUT2D eigenvalue weighted by molar-refractivity contribution is -0.143. The van der Waals surface area contributed by atoms with Gasteiger partial charge in [-0.25, -0.2) is 14.2 Å². The fourth-order valence-electron chi connectivity index (χ4n) is 4.44. The van der Waals surface area contributed by atoms with Gasteiger partial charge in [0.2, 0.25) is 11.8 Å². The molecule has 5 N–H and O–H groups in total. The minimum absolute atomic E-state index is 0.0186. The maximum atomic E-state index is 13.6. The molecule has 4 rings (SSSR count). The van der Waals surface area contributed by atoms with Gasteiger partial charge in [-0.15, -0.1) is 0 Å². The van der Waals surface area contributed by atoms with Gasteiger partial charge < -0.3 is 25.7 Å². The summed E-state index contributed by atoms with van der Waals surface area (Å²) in [5.41, 5.74) is 0.445. The Morgan fingerprint density at radius 2 is 1.53 bits per heavy atom. The summed E-state index contributed by atoms with van der Waals surface area (Å²) in [5, 5.41) is 15.4. The van der Waals surface area contributed by atoms with Crippen LogP contribution in [0.1, 0.15) is 32.4 Å². The van der Waals surface area contributed by atoms with Crippen molar-refractivity contribution in [3.63, 3.8) is 0 Å². The monoisotopic (exact) mass is 519 g/mol. The standard InChI is InChI=1S/C27H29N5O6/c1-14(2)22(26(36)37)31-23(33)15(3)29-24(34)21(12-16-13-28-19-10-6-4-8-17(16)19)32-25(35)18-9-5-7-11-20(18)30-27(32)38/h4-11,13-15,21-22,28H,12H2,1-3H3,(H,29,34)(H,30,38)(H,31,33)(H,36,37). The molecule has 0 fully saturated rings. The summed E-state index contributed by atoms with van der Waals surface area (Å²) < 4.78 is 0.859. The van der Waals surface area contributed by atoms with Crippen LogP contribution in [-0.4, -0.2) is 49.5 Å². The number of carbonyl (C=O) groups is 3. The summed E-state index contributed by atoms with van der Waals surface area (Å²) in [6.45, 7) is 4.71. The van der Waals surface area contributed by atoms with E-state index in [0.29, 0.717) is 11.1 Å². The summed E-state index contributed by atoms with van der Waals surface area (Å²) in [6.07, 6.45) is 1.69. The zero-order chi connectivity index (χ0) is 27.6. The van der Waals surface area contributed by atoms with Gasteiger partial charge in [-0.2, -0.15) is 0 Å². The zero-order valence-corrected chi connectivity index (χ0v) is 21.1. The van der Waals surface area contributed by atoms with E-state index in [0.717, 1.165) is 15.5 Å². The van der Waals surface area contributed by atoms with E-state index in [1.165, 1.54) is 6.92 Å². The van der Waals surface area contributed by atoms with Crippen molar-refractivity contribution in [1.29, 1.82) is 0 Å². The van der Waals surface area contributed by atoms with Gasteiger partial charge in [0.25, 0.3) is 5.56 Å². The van der Waals surface area contributed by atoms with E-state index in [9.17, 15) is 29.1 Å². The van der Waals surface area contributed by atoms with Crippen LogP contribution in [0.4, 0.5) is 0 Å². The number of hydrogen-bond acceptors (Lipinski definition) is 5. The first-order valence-electron chi connectivity index (χ1n) is 12.2. The van der Waals surface area contributed by atoms with Crippen LogP contribution < -0.4 is 21.9 Å². The Bertz CT molecular complexity index is 1630. The summed E-state index contributed by atoms with van der Waals surface area (Å²) in [6, 6.07) is 10.3. The highest BCUT2D eigenvalue weighted by Gasteiger charge is 2.31. The van der Waals surface area contributed by atoms with Crippen LogP contribution >= 0.6 is 0 Å². The number of aromatic amines is 2. The fraction of sp³-hybridized carbons (Fsp3) is 0.296. The lowest BCUT2D eigenvalue weighted by atomic mass is 10.0. The second-order valence-corrected chi connectivity index (χ2v) is 9.53. The number of nitrogens with one attached hydrogen (secondary N) is 4. The highest BCUT2D eigenvalue weighted by atomic mass is 16.4. The first-order valence-corrected chi connectivity index (χ1v) is 12.2. The maximum Gasteiger partial charge on any atom is 0.329 e. The van der Waals surface area contributed by atoms with E-state index in [1.807, 2.05) is 24.3 Å². The first kappa shape index (κ1) is 26.4. The number of amides is 2. The van der Waals surface area contributed by atoms with Gasteiger partial charge in [0.15, 0.2) is 0 Å². The normalized spacial score (nSPS) is 13.8. The summed E-state index contributed by atoms with van der Waals surface area (Å²) in [7, 11) is 0. The van der Waals surface area contributed by atoms with Crippen molar-refractivity contribution in [3.8, 4) is 0 Å². The number of aliphatic carboxylic acids is 1. The van der Waals surface area contributed by atoms with Crippen molar-refractivity contribution in [3.05, 3.63) is 81.1 Å². The molecule has 2 heterocycles. The predicted molar refractivity (Wildman–Crippen MR) is 142 cm³/mol. The number of rotatable bonds is 9. The van der Waals surface area contributed by atoms with Gasteiger partial charge in [-0.05, 0) is 36.6 Å². The van der Waals surface area contributed by atoms with Crippen molar-refractivity contribution in [1.82, 2.24) is 25.2 Å². The molecular formula is C27H29N5O6. The molecular weight excluding hydrogens is 490 g/mol. The smallest absolute Gasteiger partial charge is 0.329 e. The quantitative estimate of drug-likeness (QED) is 0.226. The average molecular weight is 520 g/mol. The number of fused-ring (bicyclic) bond motifs is 2. The van der Waals surface area contributed by atoms with Gasteiger partial charge in [0.05, 0.1) is 10.9 Å². The van der Waals surface area contributed by atoms with Crippen LogP contribution in [0, 0.1) is 5.92 Å². The molecule has 0 saturated heterocycles. The molecule has 4 aromatic rings. The van der Waals surface area contributed by atoms with Gasteiger partial charge in [0, 0.05) is 23.5 Å². The van der Waals surface area contributed by atoms with E-state index < -0.39 is 47.2 Å². The molecule has 3 unspecified atom stereocenters. The molecule has 11 heteroatoms. The van der Waals surface area contributed by atoms with Crippen LogP contribution in [0.3, 0.4) is 0 Å². The predicted octanol–water partition coefficient (Wildman–Crippen LogP) is 1.68. The number of H-pyrrole nitrogens is 2. The molecule has 0 bridgehead atoms. The minimum Gasteiger partial charge on any atom is -0.480 e. The Balaban J connectivity index is 1.71. The Morgan fingerprint density at radius 1 is 0.895 bits per heavy atom. The molecule has 0 spiro atoms. The third kappa shape index (κ3) is 5.22. The molecule has 0 saturated carbocycles. The second kappa shape index (κ2) is 10.8. The van der Waals surface area contributed by atoms with Crippen LogP contribution in [0.2, 0.25) is 0 Å². The van der Waals surface area contributed by atoms with Crippen LogP contribution in [0.25, 0.3) is 21.8 Å². The number of hydrogen-bond donors (Lipinski definition) is 5. The number of nitrogens with zero attached hydrogens (tertiary/aromatic N) is 1. The van der Waals surface area contributed by atoms with Crippen LogP contribution in [-0.2, 0) is 20.8 Å². The van der Waals surface area contributed by atoms with Gasteiger partial charge >= 0.3 is 11.7 Å². The Hall–Kier alpha value is -4.67. The molecule has 11 nitrogen and oxygen atoms in total. The van der Waals surface area contributed by atoms with E-state index in [2.05, 4.69) is 20.6 Å². The molecule has 2 amide bonds. The SMILES string of the molecule is CC(NC(=O)C(Cc1c[nH]c2ccccc12)n1c(=O)[nH]c2ccccc2c1=O)C(=O)NC(C(=O)O)C(C)C. The summed E-state index contributed by atoms with van der Waals surface area (Å²) in [4.78, 5) is 70.1. The molecule has 0 aliphatic carbocycles. The third-order valence-electron chi connectivity index (χ3n) is 6.52. The Kier molecular flexibility index (Phi) is 7.47. The summed E-state index contributed by atoms with van der Waals surface area (Å²) in [5.74, 6) is -3.02.